The van der Waals surface area contributed by atoms with Gasteiger partial charge in [-0.3, -0.25) is 10.1 Å². The number of ether oxygens (including phenoxy) is 4. The summed E-state index contributed by atoms with van der Waals surface area (Å²) >= 11 is 1.26. The van der Waals surface area contributed by atoms with Gasteiger partial charge >= 0.3 is 0 Å². The Balaban J connectivity index is 1.35. The summed E-state index contributed by atoms with van der Waals surface area (Å²) in [5, 5.41) is 21.5. The van der Waals surface area contributed by atoms with E-state index in [4.69, 9.17) is 18.9 Å². The van der Waals surface area contributed by atoms with Crippen LogP contribution in [0.5, 0.6) is 23.0 Å². The number of hydrogen-bond donors (Lipinski definition) is 1. The van der Waals surface area contributed by atoms with Crippen molar-refractivity contribution in [1.29, 1.82) is 5.26 Å². The highest BCUT2D eigenvalue weighted by atomic mass is 32.1. The maximum absolute atomic E-state index is 12.7. The first-order valence-electron chi connectivity index (χ1n) is 11.9. The highest BCUT2D eigenvalue weighted by Gasteiger charge is 2.14. The van der Waals surface area contributed by atoms with Crippen LogP contribution in [0.15, 0.2) is 78.4 Å². The number of nitrogens with one attached hydrogen (secondary N) is 1. The number of carbonyl (C=O) groups is 1. The topological polar surface area (TPSA) is 116 Å². The number of carbonyl (C=O) groups excluding carboxylic acids is 1. The van der Waals surface area contributed by atoms with Gasteiger partial charge in [-0.2, -0.15) is 5.26 Å². The molecule has 1 heterocycles. The van der Waals surface area contributed by atoms with Crippen LogP contribution in [0.3, 0.4) is 0 Å². The van der Waals surface area contributed by atoms with Crippen molar-refractivity contribution in [2.45, 2.75) is 6.42 Å². The molecule has 0 saturated heterocycles. The van der Waals surface area contributed by atoms with Crippen molar-refractivity contribution in [3.05, 3.63) is 94.5 Å². The molecule has 1 N–H and O–H groups in total. The van der Waals surface area contributed by atoms with Crippen LogP contribution in [0, 0.1) is 11.3 Å². The molecular formula is C29H26N4O5S. The fourth-order valence-corrected chi connectivity index (χ4v) is 4.29. The van der Waals surface area contributed by atoms with Gasteiger partial charge in [-0.15, -0.1) is 10.2 Å². The fourth-order valence-electron chi connectivity index (χ4n) is 3.52. The van der Waals surface area contributed by atoms with E-state index in [-0.39, 0.29) is 12.2 Å². The first-order valence-corrected chi connectivity index (χ1v) is 12.8. The van der Waals surface area contributed by atoms with Gasteiger partial charge in [-0.25, -0.2) is 0 Å². The molecule has 0 unspecified atom stereocenters. The Morgan fingerprint density at radius 3 is 2.49 bits per heavy atom. The molecule has 0 radical (unpaired) electrons. The lowest BCUT2D eigenvalue weighted by Gasteiger charge is -2.12. The second kappa shape index (κ2) is 13.6. The lowest BCUT2D eigenvalue weighted by Crippen LogP contribution is -2.13. The molecule has 0 aliphatic carbocycles. The van der Waals surface area contributed by atoms with E-state index in [0.29, 0.717) is 46.7 Å². The van der Waals surface area contributed by atoms with Crippen molar-refractivity contribution in [3.63, 3.8) is 0 Å². The largest absolute Gasteiger partial charge is 0.497 e. The fraction of sp³-hybridized carbons (Fsp3) is 0.172. The number of rotatable bonds is 12. The molecule has 1 aromatic heterocycles. The second-order valence-electron chi connectivity index (χ2n) is 8.07. The lowest BCUT2D eigenvalue weighted by atomic mass is 10.1. The van der Waals surface area contributed by atoms with E-state index in [2.05, 4.69) is 15.5 Å². The number of anilines is 1. The van der Waals surface area contributed by atoms with Crippen LogP contribution in [0.25, 0.3) is 6.08 Å². The third-order valence-corrected chi connectivity index (χ3v) is 6.24. The third kappa shape index (κ3) is 7.80. The van der Waals surface area contributed by atoms with Crippen molar-refractivity contribution in [3.8, 4) is 29.1 Å². The predicted octanol–water partition coefficient (Wildman–Crippen LogP) is 5.15. The predicted molar refractivity (Wildman–Crippen MR) is 148 cm³/mol. The van der Waals surface area contributed by atoms with Crippen LogP contribution >= 0.6 is 11.3 Å². The number of aromatic nitrogens is 2. The molecular weight excluding hydrogens is 516 g/mol. The Morgan fingerprint density at radius 2 is 1.72 bits per heavy atom. The van der Waals surface area contributed by atoms with E-state index in [9.17, 15) is 10.1 Å². The van der Waals surface area contributed by atoms with E-state index in [1.807, 2.05) is 54.6 Å². The summed E-state index contributed by atoms with van der Waals surface area (Å²) in [5.41, 5.74) is 1.60. The van der Waals surface area contributed by atoms with Crippen LogP contribution < -0.4 is 24.3 Å². The molecule has 1 amide bonds. The molecule has 0 bridgehead atoms. The molecule has 0 saturated carbocycles. The minimum atomic E-state index is -0.575. The molecule has 10 heteroatoms. The van der Waals surface area contributed by atoms with Crippen LogP contribution in [0.2, 0.25) is 0 Å². The number of hydrogen-bond acceptors (Lipinski definition) is 9. The number of nitrogens with zero attached hydrogens (tertiary/aromatic N) is 3. The summed E-state index contributed by atoms with van der Waals surface area (Å²) in [6, 6.07) is 24.2. The Bertz CT molecular complexity index is 1480. The van der Waals surface area contributed by atoms with Crippen molar-refractivity contribution in [1.82, 2.24) is 10.2 Å². The molecule has 4 aromatic rings. The van der Waals surface area contributed by atoms with Gasteiger partial charge < -0.3 is 18.9 Å². The maximum atomic E-state index is 12.7. The van der Waals surface area contributed by atoms with E-state index < -0.39 is 5.91 Å². The highest BCUT2D eigenvalue weighted by Crippen LogP contribution is 2.29. The molecule has 0 aliphatic rings. The van der Waals surface area contributed by atoms with Crippen molar-refractivity contribution in [2.24, 2.45) is 0 Å². The van der Waals surface area contributed by atoms with Crippen molar-refractivity contribution < 1.29 is 23.7 Å². The van der Waals surface area contributed by atoms with Gasteiger partial charge in [0.2, 0.25) is 5.13 Å². The quantitative estimate of drug-likeness (QED) is 0.148. The monoisotopic (exact) mass is 542 g/mol. The van der Waals surface area contributed by atoms with Gasteiger partial charge in [-0.05, 0) is 41.5 Å². The van der Waals surface area contributed by atoms with Gasteiger partial charge in [0.15, 0.2) is 11.5 Å². The Kier molecular flexibility index (Phi) is 9.47. The lowest BCUT2D eigenvalue weighted by molar-refractivity contribution is -0.112. The van der Waals surface area contributed by atoms with E-state index in [1.54, 1.807) is 31.4 Å². The Labute approximate surface area is 230 Å². The summed E-state index contributed by atoms with van der Waals surface area (Å²) in [4.78, 5) is 12.7. The number of benzene rings is 3. The summed E-state index contributed by atoms with van der Waals surface area (Å²) in [5.74, 6) is 1.77. The molecule has 39 heavy (non-hydrogen) atoms. The minimum Gasteiger partial charge on any atom is -0.497 e. The molecule has 0 aliphatic heterocycles. The average molecular weight is 543 g/mol. The van der Waals surface area contributed by atoms with Gasteiger partial charge in [0.25, 0.3) is 5.91 Å². The van der Waals surface area contributed by atoms with E-state index >= 15 is 0 Å². The SMILES string of the molecule is COc1cccc(OCCOc2ccc(C=C(C#N)C(=O)Nc3nnc(Cc4ccccc4)s3)cc2OC)c1. The summed E-state index contributed by atoms with van der Waals surface area (Å²) < 4.78 is 22.1. The average Bonchev–Trinajstić information content (AvgIpc) is 3.41. The molecule has 9 nitrogen and oxygen atoms in total. The van der Waals surface area contributed by atoms with Gasteiger partial charge in [0, 0.05) is 12.5 Å². The van der Waals surface area contributed by atoms with Gasteiger partial charge in [0.05, 0.1) is 14.2 Å². The molecule has 0 fully saturated rings. The van der Waals surface area contributed by atoms with Crippen LogP contribution in [0.1, 0.15) is 16.1 Å². The second-order valence-corrected chi connectivity index (χ2v) is 9.14. The van der Waals surface area contributed by atoms with Crippen molar-refractivity contribution >= 4 is 28.5 Å². The van der Waals surface area contributed by atoms with Crippen LogP contribution in [0.4, 0.5) is 5.13 Å². The number of methoxy groups -OCH3 is 2. The Morgan fingerprint density at radius 1 is 0.923 bits per heavy atom. The van der Waals surface area contributed by atoms with E-state index in [0.717, 1.165) is 10.6 Å². The van der Waals surface area contributed by atoms with Crippen LogP contribution in [-0.4, -0.2) is 43.5 Å². The smallest absolute Gasteiger partial charge is 0.268 e. The van der Waals surface area contributed by atoms with Gasteiger partial charge in [-0.1, -0.05) is 53.8 Å². The first kappa shape index (κ1) is 27.2. The summed E-state index contributed by atoms with van der Waals surface area (Å²) in [6.07, 6.45) is 2.08. The minimum absolute atomic E-state index is 0.0859. The third-order valence-electron chi connectivity index (χ3n) is 5.40. The van der Waals surface area contributed by atoms with Gasteiger partial charge in [0.1, 0.15) is 41.4 Å². The normalized spacial score (nSPS) is 10.8. The number of nitriles is 1. The zero-order chi connectivity index (χ0) is 27.5. The molecule has 3 aromatic carbocycles. The Hall–Kier alpha value is -4.88. The van der Waals surface area contributed by atoms with Crippen LogP contribution in [-0.2, 0) is 11.2 Å². The molecule has 0 spiro atoms. The summed E-state index contributed by atoms with van der Waals surface area (Å²) in [6.45, 7) is 0.595. The highest BCUT2D eigenvalue weighted by molar-refractivity contribution is 7.15. The molecule has 0 atom stereocenters. The number of amides is 1. The van der Waals surface area contributed by atoms with E-state index in [1.165, 1.54) is 24.5 Å². The first-order chi connectivity index (χ1) is 19.1. The molecule has 4 rings (SSSR count). The standard InChI is InChI=1S/C29H26N4O5S/c1-35-23-9-6-10-24(18-23)37-13-14-38-25-12-11-21(16-26(25)36-2)15-22(19-30)28(34)31-29-33-32-27(39-29)17-20-7-4-3-5-8-20/h3-12,15-16,18H,13-14,17H2,1-2H3,(H,31,33,34). The maximum Gasteiger partial charge on any atom is 0.268 e. The zero-order valence-electron chi connectivity index (χ0n) is 21.4. The molecule has 198 valence electrons. The zero-order valence-corrected chi connectivity index (χ0v) is 22.2. The summed E-state index contributed by atoms with van der Waals surface area (Å²) in [7, 11) is 3.11. The van der Waals surface area contributed by atoms with Crippen molar-refractivity contribution in [2.75, 3.05) is 32.8 Å².